The summed E-state index contributed by atoms with van der Waals surface area (Å²) in [4.78, 5) is 0. The van der Waals surface area contributed by atoms with Crippen LogP contribution in [0.25, 0.3) is 10.9 Å². The average Bonchev–Trinajstić information content (AvgIpc) is 2.84. The number of fused-ring (bicyclic) bond motifs is 1. The molecule has 0 atom stereocenters. The molecule has 0 aliphatic heterocycles. The average molecular weight is 289 g/mol. The molecule has 1 aromatic heterocycles. The minimum Gasteiger partial charge on any atom is -0.383 e. The quantitative estimate of drug-likeness (QED) is 0.745. The van der Waals surface area contributed by atoms with Crippen LogP contribution in [0.5, 0.6) is 0 Å². The van der Waals surface area contributed by atoms with E-state index < -0.39 is 0 Å². The van der Waals surface area contributed by atoms with Gasteiger partial charge in [-0.1, -0.05) is 23.7 Å². The topological polar surface area (TPSA) is 17.0 Å². The highest BCUT2D eigenvalue weighted by atomic mass is 35.5. The van der Waals surface area contributed by atoms with Crippen LogP contribution in [-0.2, 0) is 6.54 Å². The highest BCUT2D eigenvalue weighted by Crippen LogP contribution is 2.24. The molecular formula is C16H14ClFN2. The molecule has 0 saturated carbocycles. The second kappa shape index (κ2) is 5.55. The van der Waals surface area contributed by atoms with Gasteiger partial charge in [0.05, 0.1) is 0 Å². The number of hydrogen-bond donors (Lipinski definition) is 1. The molecule has 0 aliphatic carbocycles. The van der Waals surface area contributed by atoms with Crippen LogP contribution in [0.4, 0.5) is 10.1 Å². The third-order valence-electron chi connectivity index (χ3n) is 3.27. The summed E-state index contributed by atoms with van der Waals surface area (Å²) in [6.45, 7) is 1.51. The van der Waals surface area contributed by atoms with Crippen molar-refractivity contribution in [1.82, 2.24) is 4.57 Å². The normalized spacial score (nSPS) is 10.9. The summed E-state index contributed by atoms with van der Waals surface area (Å²) in [5, 5.41) is 5.03. The van der Waals surface area contributed by atoms with E-state index in [9.17, 15) is 4.39 Å². The fraction of sp³-hybridized carbons (Fsp3) is 0.125. The number of anilines is 1. The molecule has 1 heterocycles. The van der Waals surface area contributed by atoms with Crippen molar-refractivity contribution in [3.63, 3.8) is 0 Å². The van der Waals surface area contributed by atoms with Crippen LogP contribution < -0.4 is 5.32 Å². The summed E-state index contributed by atoms with van der Waals surface area (Å²) < 4.78 is 15.2. The Morgan fingerprint density at radius 3 is 2.80 bits per heavy atom. The third kappa shape index (κ3) is 2.63. The highest BCUT2D eigenvalue weighted by Gasteiger charge is 2.03. The largest absolute Gasteiger partial charge is 0.383 e. The molecule has 0 amide bonds. The number of benzene rings is 2. The summed E-state index contributed by atoms with van der Waals surface area (Å²) in [6, 6.07) is 14.4. The number of nitrogens with one attached hydrogen (secondary N) is 1. The minimum atomic E-state index is -0.229. The second-order valence-corrected chi connectivity index (χ2v) is 5.03. The van der Waals surface area contributed by atoms with Gasteiger partial charge in [-0.3, -0.25) is 0 Å². The second-order valence-electron chi connectivity index (χ2n) is 4.62. The summed E-state index contributed by atoms with van der Waals surface area (Å²) in [5.41, 5.74) is 1.90. The van der Waals surface area contributed by atoms with Crippen molar-refractivity contribution >= 4 is 28.2 Å². The van der Waals surface area contributed by atoms with Gasteiger partial charge in [0.2, 0.25) is 0 Å². The molecule has 0 spiro atoms. The number of hydrogen-bond acceptors (Lipinski definition) is 1. The van der Waals surface area contributed by atoms with E-state index in [4.69, 9.17) is 11.6 Å². The van der Waals surface area contributed by atoms with Crippen molar-refractivity contribution in [3.05, 3.63) is 65.6 Å². The lowest BCUT2D eigenvalue weighted by Crippen LogP contribution is -2.09. The van der Waals surface area contributed by atoms with Gasteiger partial charge < -0.3 is 9.88 Å². The lowest BCUT2D eigenvalue weighted by Gasteiger charge is -2.09. The predicted octanol–water partition coefficient (Wildman–Crippen LogP) is 4.55. The Morgan fingerprint density at radius 1 is 1.10 bits per heavy atom. The minimum absolute atomic E-state index is 0.229. The van der Waals surface area contributed by atoms with Crippen molar-refractivity contribution in [2.75, 3.05) is 11.9 Å². The molecule has 2 nitrogen and oxygen atoms in total. The molecule has 0 radical (unpaired) electrons. The van der Waals surface area contributed by atoms with Crippen LogP contribution in [0.2, 0.25) is 5.02 Å². The SMILES string of the molecule is Fc1cccc(NCCn2ccc3c(Cl)cccc32)c1. The first-order valence-electron chi connectivity index (χ1n) is 6.47. The monoisotopic (exact) mass is 288 g/mol. The van der Waals surface area contributed by atoms with Gasteiger partial charge in [-0.2, -0.15) is 0 Å². The smallest absolute Gasteiger partial charge is 0.125 e. The lowest BCUT2D eigenvalue weighted by molar-refractivity contribution is 0.628. The maximum atomic E-state index is 13.1. The van der Waals surface area contributed by atoms with Gasteiger partial charge in [0.15, 0.2) is 0 Å². The van der Waals surface area contributed by atoms with Crippen LogP contribution >= 0.6 is 11.6 Å². The van der Waals surface area contributed by atoms with Crippen LogP contribution in [0, 0.1) is 5.82 Å². The van der Waals surface area contributed by atoms with Gasteiger partial charge in [-0.05, 0) is 36.4 Å². The first-order chi connectivity index (χ1) is 9.74. The molecule has 0 unspecified atom stereocenters. The molecule has 2 aromatic carbocycles. The van der Waals surface area contributed by atoms with Crippen molar-refractivity contribution < 1.29 is 4.39 Å². The first-order valence-corrected chi connectivity index (χ1v) is 6.84. The zero-order valence-corrected chi connectivity index (χ0v) is 11.6. The van der Waals surface area contributed by atoms with E-state index in [0.717, 1.165) is 34.7 Å². The molecule has 0 fully saturated rings. The fourth-order valence-corrected chi connectivity index (χ4v) is 2.53. The van der Waals surface area contributed by atoms with Crippen molar-refractivity contribution in [1.29, 1.82) is 0 Å². The molecule has 20 heavy (non-hydrogen) atoms. The van der Waals surface area contributed by atoms with Crippen LogP contribution in [-0.4, -0.2) is 11.1 Å². The maximum absolute atomic E-state index is 13.1. The van der Waals surface area contributed by atoms with E-state index in [0.29, 0.717) is 0 Å². The van der Waals surface area contributed by atoms with Gasteiger partial charge in [-0.25, -0.2) is 4.39 Å². The van der Waals surface area contributed by atoms with Crippen molar-refractivity contribution in [2.45, 2.75) is 6.54 Å². The zero-order valence-electron chi connectivity index (χ0n) is 10.8. The van der Waals surface area contributed by atoms with Gasteiger partial charge in [0.1, 0.15) is 5.82 Å². The maximum Gasteiger partial charge on any atom is 0.125 e. The molecular weight excluding hydrogens is 275 g/mol. The molecule has 3 rings (SSSR count). The molecule has 0 bridgehead atoms. The highest BCUT2D eigenvalue weighted by molar-refractivity contribution is 6.35. The molecule has 4 heteroatoms. The van der Waals surface area contributed by atoms with E-state index in [-0.39, 0.29) is 5.82 Å². The van der Waals surface area contributed by atoms with E-state index in [1.54, 1.807) is 6.07 Å². The summed E-state index contributed by atoms with van der Waals surface area (Å²) >= 11 is 6.15. The van der Waals surface area contributed by atoms with E-state index in [2.05, 4.69) is 9.88 Å². The number of rotatable bonds is 4. The Labute approximate surface area is 121 Å². The van der Waals surface area contributed by atoms with Gasteiger partial charge in [0.25, 0.3) is 0 Å². The fourth-order valence-electron chi connectivity index (χ4n) is 2.30. The number of nitrogens with zero attached hydrogens (tertiary/aromatic N) is 1. The van der Waals surface area contributed by atoms with Crippen LogP contribution in [0.15, 0.2) is 54.7 Å². The summed E-state index contributed by atoms with van der Waals surface area (Å²) in [7, 11) is 0. The number of halogens is 2. The third-order valence-corrected chi connectivity index (χ3v) is 3.60. The molecule has 3 aromatic rings. The Kier molecular flexibility index (Phi) is 3.61. The Bertz CT molecular complexity index is 736. The standard InChI is InChI=1S/C16H14ClFN2/c17-15-5-2-6-16-14(15)7-9-20(16)10-8-19-13-4-1-3-12(18)11-13/h1-7,9,11,19H,8,10H2. The van der Waals surface area contributed by atoms with Gasteiger partial charge >= 0.3 is 0 Å². The Morgan fingerprint density at radius 2 is 1.95 bits per heavy atom. The van der Waals surface area contributed by atoms with Gasteiger partial charge in [-0.15, -0.1) is 0 Å². The summed E-state index contributed by atoms with van der Waals surface area (Å²) in [6.07, 6.45) is 2.02. The summed E-state index contributed by atoms with van der Waals surface area (Å²) in [5.74, 6) is -0.229. The molecule has 1 N–H and O–H groups in total. The number of aromatic nitrogens is 1. The Balaban J connectivity index is 1.70. The van der Waals surface area contributed by atoms with E-state index in [1.807, 2.05) is 36.5 Å². The van der Waals surface area contributed by atoms with Gasteiger partial charge in [0, 0.05) is 40.9 Å². The van der Waals surface area contributed by atoms with Crippen LogP contribution in [0.1, 0.15) is 0 Å². The molecule has 0 saturated heterocycles. The van der Waals surface area contributed by atoms with E-state index >= 15 is 0 Å². The van der Waals surface area contributed by atoms with Crippen LogP contribution in [0.3, 0.4) is 0 Å². The molecule has 102 valence electrons. The first kappa shape index (κ1) is 13.0. The van der Waals surface area contributed by atoms with E-state index in [1.165, 1.54) is 12.1 Å². The lowest BCUT2D eigenvalue weighted by atomic mass is 10.2. The predicted molar refractivity (Wildman–Crippen MR) is 81.8 cm³/mol. The zero-order chi connectivity index (χ0) is 13.9. The molecule has 0 aliphatic rings. The van der Waals surface area contributed by atoms with Crippen molar-refractivity contribution in [2.24, 2.45) is 0 Å². The Hall–Kier alpha value is -2.00. The van der Waals surface area contributed by atoms with Crippen molar-refractivity contribution in [3.8, 4) is 0 Å².